The number of halogens is 9. The number of alkyl halides is 2. The number of hydrogen-bond acceptors (Lipinski definition) is 3. The van der Waals surface area contributed by atoms with Gasteiger partial charge >= 0.3 is 6.11 Å². The molecule has 0 atom stereocenters. The Hall–Kier alpha value is -4.29. The zero-order valence-corrected chi connectivity index (χ0v) is 23.3. The van der Waals surface area contributed by atoms with Gasteiger partial charge in [-0.25, -0.2) is 30.7 Å². The summed E-state index contributed by atoms with van der Waals surface area (Å²) in [5, 5.41) is 0. The van der Waals surface area contributed by atoms with E-state index in [0.717, 1.165) is 30.7 Å². The molecule has 4 aromatic rings. The Morgan fingerprint density at radius 3 is 1.84 bits per heavy atom. The van der Waals surface area contributed by atoms with Gasteiger partial charge in [-0.05, 0) is 60.0 Å². The van der Waals surface area contributed by atoms with Crippen LogP contribution < -0.4 is 4.74 Å². The Labute approximate surface area is 251 Å². The average molecular weight is 639 g/mol. The normalized spacial score (nSPS) is 17.2. The first-order valence-electron chi connectivity index (χ1n) is 13.6. The molecule has 1 fully saturated rings. The molecule has 0 aliphatic carbocycles. The highest BCUT2D eigenvalue weighted by Crippen LogP contribution is 2.39. The van der Waals surface area contributed by atoms with Crippen molar-refractivity contribution in [3.63, 3.8) is 0 Å². The molecule has 1 aliphatic rings. The zero-order valence-electron chi connectivity index (χ0n) is 23.3. The van der Waals surface area contributed by atoms with E-state index in [1.807, 2.05) is 19.1 Å². The number of benzene rings is 4. The first-order chi connectivity index (χ1) is 21.4. The number of ether oxygens (including phenoxy) is 3. The highest BCUT2D eigenvalue weighted by Gasteiger charge is 2.42. The van der Waals surface area contributed by atoms with Crippen molar-refractivity contribution in [2.75, 3.05) is 13.2 Å². The molecule has 3 nitrogen and oxygen atoms in total. The molecule has 4 aromatic carbocycles. The monoisotopic (exact) mass is 638 g/mol. The molecule has 5 rings (SSSR count). The van der Waals surface area contributed by atoms with E-state index in [4.69, 9.17) is 9.47 Å². The molecular formula is C33H23F9O3. The van der Waals surface area contributed by atoms with Gasteiger partial charge in [-0.15, -0.1) is 0 Å². The Balaban J connectivity index is 1.33. The topological polar surface area (TPSA) is 27.7 Å². The van der Waals surface area contributed by atoms with Crippen molar-refractivity contribution in [1.29, 1.82) is 0 Å². The minimum atomic E-state index is -4.58. The summed E-state index contributed by atoms with van der Waals surface area (Å²) in [5.41, 5.74) is -2.90. The van der Waals surface area contributed by atoms with Gasteiger partial charge in [-0.3, -0.25) is 0 Å². The average Bonchev–Trinajstić information content (AvgIpc) is 2.98. The summed E-state index contributed by atoms with van der Waals surface area (Å²) in [6.07, 6.45) is -1.17. The summed E-state index contributed by atoms with van der Waals surface area (Å²) in [6.45, 7) is 2.33. The van der Waals surface area contributed by atoms with Crippen molar-refractivity contribution in [1.82, 2.24) is 0 Å². The van der Waals surface area contributed by atoms with Crippen LogP contribution in [0.3, 0.4) is 0 Å². The van der Waals surface area contributed by atoms with Gasteiger partial charge in [0.25, 0.3) is 0 Å². The maximum Gasteiger partial charge on any atom is 0.432 e. The second kappa shape index (κ2) is 13.0. The molecule has 12 heteroatoms. The minimum Gasteiger partial charge on any atom is -0.429 e. The van der Waals surface area contributed by atoms with Crippen molar-refractivity contribution in [2.45, 2.75) is 25.7 Å². The lowest BCUT2D eigenvalue weighted by atomic mass is 9.99. The van der Waals surface area contributed by atoms with Crippen LogP contribution in [0.4, 0.5) is 39.5 Å². The van der Waals surface area contributed by atoms with E-state index in [1.54, 1.807) is 0 Å². The third kappa shape index (κ3) is 6.86. The molecule has 0 saturated carbocycles. The standard InChI is InChI=1S/C33H23F9O3/c1-2-3-4-17-15-43-32(44-16-17)20-12-26(36)30(27(37)13-20)33(41,42)45-21-6-8-22(25(35)14-21)18-5-7-23(24(34)9-18)19-10-28(38)31(40)29(39)11-19/h3-14,17,32H,2,15-16H2,1H3/b4-3+. The van der Waals surface area contributed by atoms with E-state index in [0.29, 0.717) is 30.3 Å². The number of rotatable bonds is 8. The first-order valence-corrected chi connectivity index (χ1v) is 13.6. The first kappa shape index (κ1) is 32.1. The van der Waals surface area contributed by atoms with Crippen LogP contribution in [0.1, 0.15) is 30.8 Å². The summed E-state index contributed by atoms with van der Waals surface area (Å²) in [6, 6.07) is 7.85. The fraction of sp³-hybridized carbons (Fsp3) is 0.212. The van der Waals surface area contributed by atoms with Gasteiger partial charge in [0.2, 0.25) is 0 Å². The summed E-state index contributed by atoms with van der Waals surface area (Å²) >= 11 is 0. The molecule has 45 heavy (non-hydrogen) atoms. The van der Waals surface area contributed by atoms with Crippen LogP contribution in [0.25, 0.3) is 22.3 Å². The van der Waals surface area contributed by atoms with Gasteiger partial charge in [0.15, 0.2) is 23.7 Å². The summed E-state index contributed by atoms with van der Waals surface area (Å²) in [4.78, 5) is 0. The van der Waals surface area contributed by atoms with Crippen LogP contribution in [0.2, 0.25) is 0 Å². The molecule has 0 unspecified atom stereocenters. The SMILES string of the molecule is CC/C=C/C1COC(c2cc(F)c(C(F)(F)Oc3ccc(-c4ccc(-c5cc(F)c(F)c(F)c5)c(F)c4)c(F)c3)c(F)c2)OC1. The zero-order chi connectivity index (χ0) is 32.5. The van der Waals surface area contributed by atoms with Crippen LogP contribution in [0, 0.1) is 46.6 Å². The van der Waals surface area contributed by atoms with E-state index in [1.165, 1.54) is 6.07 Å². The molecule has 0 N–H and O–H groups in total. The lowest BCUT2D eigenvalue weighted by Gasteiger charge is -2.28. The van der Waals surface area contributed by atoms with E-state index in [2.05, 4.69) is 4.74 Å². The Kier molecular flexibility index (Phi) is 9.26. The smallest absolute Gasteiger partial charge is 0.429 e. The molecule has 0 spiro atoms. The lowest BCUT2D eigenvalue weighted by molar-refractivity contribution is -0.198. The number of allylic oxidation sites excluding steroid dienone is 1. The summed E-state index contributed by atoms with van der Waals surface area (Å²) in [7, 11) is 0. The number of hydrogen-bond donors (Lipinski definition) is 0. The molecule has 0 amide bonds. The van der Waals surface area contributed by atoms with Gasteiger partial charge in [-0.2, -0.15) is 8.78 Å². The Morgan fingerprint density at radius 1 is 0.711 bits per heavy atom. The van der Waals surface area contributed by atoms with E-state index in [9.17, 15) is 39.5 Å². The van der Waals surface area contributed by atoms with Crippen molar-refractivity contribution >= 4 is 0 Å². The summed E-state index contributed by atoms with van der Waals surface area (Å²) in [5.74, 6) is -11.2. The molecule has 1 saturated heterocycles. The molecule has 236 valence electrons. The molecule has 1 aliphatic heterocycles. The Morgan fingerprint density at radius 2 is 1.27 bits per heavy atom. The highest BCUT2D eigenvalue weighted by atomic mass is 19.3. The molecule has 0 aromatic heterocycles. The van der Waals surface area contributed by atoms with Gasteiger partial charge in [0.1, 0.15) is 34.6 Å². The van der Waals surface area contributed by atoms with Crippen LogP contribution in [-0.2, 0) is 15.6 Å². The second-order valence-electron chi connectivity index (χ2n) is 10.2. The summed E-state index contributed by atoms with van der Waals surface area (Å²) < 4.78 is 145. The maximum absolute atomic E-state index is 15.0. The minimum absolute atomic E-state index is 0.0728. The van der Waals surface area contributed by atoms with Crippen molar-refractivity contribution in [3.8, 4) is 28.0 Å². The second-order valence-corrected chi connectivity index (χ2v) is 10.2. The van der Waals surface area contributed by atoms with E-state index in [-0.39, 0.29) is 46.9 Å². The fourth-order valence-electron chi connectivity index (χ4n) is 4.78. The third-order valence-electron chi connectivity index (χ3n) is 6.96. The maximum atomic E-state index is 15.0. The predicted molar refractivity (Wildman–Crippen MR) is 146 cm³/mol. The van der Waals surface area contributed by atoms with E-state index < -0.39 is 64.4 Å². The van der Waals surface area contributed by atoms with Gasteiger partial charge in [-0.1, -0.05) is 31.2 Å². The van der Waals surface area contributed by atoms with Crippen molar-refractivity contribution in [2.24, 2.45) is 5.92 Å². The lowest BCUT2D eigenvalue weighted by Crippen LogP contribution is -2.28. The quantitative estimate of drug-likeness (QED) is 0.109. The Bertz CT molecular complexity index is 1700. The van der Waals surface area contributed by atoms with Crippen LogP contribution in [-0.4, -0.2) is 13.2 Å². The molecule has 0 radical (unpaired) electrons. The van der Waals surface area contributed by atoms with Crippen LogP contribution in [0.5, 0.6) is 5.75 Å². The van der Waals surface area contributed by atoms with Crippen molar-refractivity contribution in [3.05, 3.63) is 125 Å². The third-order valence-corrected chi connectivity index (χ3v) is 6.96. The fourth-order valence-corrected chi connectivity index (χ4v) is 4.78. The van der Waals surface area contributed by atoms with Gasteiger partial charge in [0, 0.05) is 28.7 Å². The predicted octanol–water partition coefficient (Wildman–Crippen LogP) is 9.75. The molecule has 1 heterocycles. The molecular weight excluding hydrogens is 615 g/mol. The van der Waals surface area contributed by atoms with Gasteiger partial charge in [0.05, 0.1) is 13.2 Å². The van der Waals surface area contributed by atoms with Crippen LogP contribution in [0.15, 0.2) is 72.8 Å². The molecule has 0 bridgehead atoms. The largest absolute Gasteiger partial charge is 0.432 e. The van der Waals surface area contributed by atoms with Crippen molar-refractivity contribution < 1.29 is 53.7 Å². The van der Waals surface area contributed by atoms with Gasteiger partial charge < -0.3 is 14.2 Å². The van der Waals surface area contributed by atoms with Crippen LogP contribution >= 0.6 is 0 Å². The highest BCUT2D eigenvalue weighted by molar-refractivity contribution is 5.72. The van der Waals surface area contributed by atoms with E-state index >= 15 is 0 Å².